The number of nitrogens with zero attached hydrogens (tertiary/aromatic N) is 1. The Morgan fingerprint density at radius 2 is 2.21 bits per heavy atom. The highest BCUT2D eigenvalue weighted by molar-refractivity contribution is 7.99. The van der Waals surface area contributed by atoms with Crippen molar-refractivity contribution >= 4 is 17.7 Å². The molecule has 1 saturated heterocycles. The van der Waals surface area contributed by atoms with Crippen molar-refractivity contribution in [2.24, 2.45) is 0 Å². The fourth-order valence-corrected chi connectivity index (χ4v) is 3.12. The molecule has 3 nitrogen and oxygen atoms in total. The molecular weight excluding hydrogens is 258 g/mol. The molecule has 0 aromatic heterocycles. The summed E-state index contributed by atoms with van der Waals surface area (Å²) in [5, 5.41) is 9.41. The van der Waals surface area contributed by atoms with Crippen molar-refractivity contribution in [2.75, 3.05) is 18.8 Å². The molecule has 104 valence electrons. The van der Waals surface area contributed by atoms with E-state index in [2.05, 4.69) is 32.0 Å². The summed E-state index contributed by atoms with van der Waals surface area (Å²) >= 11 is 1.72. The summed E-state index contributed by atoms with van der Waals surface area (Å²) in [7, 11) is 0. The zero-order chi connectivity index (χ0) is 13.8. The molecule has 1 aliphatic rings. The Morgan fingerprint density at radius 1 is 1.42 bits per heavy atom. The summed E-state index contributed by atoms with van der Waals surface area (Å²) in [5.74, 6) is 0.960. The molecule has 1 heterocycles. The van der Waals surface area contributed by atoms with Crippen LogP contribution in [0.25, 0.3) is 0 Å². The van der Waals surface area contributed by atoms with Crippen LogP contribution >= 0.6 is 11.8 Å². The van der Waals surface area contributed by atoms with Gasteiger partial charge in [0, 0.05) is 30.2 Å². The van der Waals surface area contributed by atoms with Gasteiger partial charge < -0.3 is 10.0 Å². The smallest absolute Gasteiger partial charge is 0.223 e. The van der Waals surface area contributed by atoms with Crippen molar-refractivity contribution in [1.82, 2.24) is 4.90 Å². The Morgan fingerprint density at radius 3 is 2.84 bits per heavy atom. The van der Waals surface area contributed by atoms with Gasteiger partial charge in [0.2, 0.25) is 5.91 Å². The third kappa shape index (κ3) is 3.98. The van der Waals surface area contributed by atoms with Gasteiger partial charge in [-0.25, -0.2) is 0 Å². The topological polar surface area (TPSA) is 40.5 Å². The summed E-state index contributed by atoms with van der Waals surface area (Å²) in [6.45, 7) is 5.42. The van der Waals surface area contributed by atoms with Gasteiger partial charge >= 0.3 is 0 Å². The molecule has 0 spiro atoms. The van der Waals surface area contributed by atoms with Crippen molar-refractivity contribution < 1.29 is 9.90 Å². The third-order valence-electron chi connectivity index (χ3n) is 3.58. The van der Waals surface area contributed by atoms with E-state index in [4.69, 9.17) is 0 Å². The third-order valence-corrected chi connectivity index (χ3v) is 4.57. The van der Waals surface area contributed by atoms with Gasteiger partial charge in [0.1, 0.15) is 0 Å². The first-order valence-electron chi connectivity index (χ1n) is 6.72. The molecule has 1 atom stereocenters. The molecule has 0 saturated carbocycles. The highest BCUT2D eigenvalue weighted by Gasteiger charge is 2.23. The molecule has 1 fully saturated rings. The largest absolute Gasteiger partial charge is 0.391 e. The molecule has 0 bridgehead atoms. The van der Waals surface area contributed by atoms with Gasteiger partial charge in [0.05, 0.1) is 6.10 Å². The lowest BCUT2D eigenvalue weighted by atomic mass is 10.1. The van der Waals surface area contributed by atoms with Crippen LogP contribution in [0.1, 0.15) is 24.0 Å². The molecule has 0 aliphatic carbocycles. The van der Waals surface area contributed by atoms with Crippen molar-refractivity contribution in [1.29, 1.82) is 0 Å². The van der Waals surface area contributed by atoms with E-state index in [1.807, 2.05) is 0 Å². The Hall–Kier alpha value is -1.00. The number of hydrogen-bond acceptors (Lipinski definition) is 3. The second-order valence-electron chi connectivity index (χ2n) is 5.13. The number of thioether (sulfide) groups is 1. The number of aliphatic hydroxyl groups excluding tert-OH is 1. The van der Waals surface area contributed by atoms with Crippen molar-refractivity contribution in [3.05, 3.63) is 29.3 Å². The normalized spacial score (nSPS) is 18.9. The van der Waals surface area contributed by atoms with E-state index in [-0.39, 0.29) is 12.0 Å². The van der Waals surface area contributed by atoms with Crippen LogP contribution in [0.15, 0.2) is 23.1 Å². The van der Waals surface area contributed by atoms with Crippen LogP contribution in [0.3, 0.4) is 0 Å². The quantitative estimate of drug-likeness (QED) is 0.860. The predicted octanol–water partition coefficient (Wildman–Crippen LogP) is 2.38. The predicted molar refractivity (Wildman–Crippen MR) is 78.5 cm³/mol. The lowest BCUT2D eigenvalue weighted by molar-refractivity contribution is -0.130. The van der Waals surface area contributed by atoms with E-state index in [0.29, 0.717) is 19.5 Å². The first-order valence-corrected chi connectivity index (χ1v) is 7.70. The number of aliphatic hydroxyl groups is 1. The molecule has 1 aromatic carbocycles. The van der Waals surface area contributed by atoms with Crippen LogP contribution in [0.4, 0.5) is 0 Å². The number of hydrogen-bond donors (Lipinski definition) is 1. The maximum atomic E-state index is 11.9. The average Bonchev–Trinajstić information content (AvgIpc) is 2.80. The van der Waals surface area contributed by atoms with Crippen molar-refractivity contribution in [2.45, 2.75) is 37.7 Å². The van der Waals surface area contributed by atoms with Gasteiger partial charge in [-0.15, -0.1) is 11.8 Å². The maximum absolute atomic E-state index is 11.9. The van der Waals surface area contributed by atoms with Gasteiger partial charge in [-0.1, -0.05) is 6.07 Å². The minimum atomic E-state index is -0.323. The second kappa shape index (κ2) is 6.44. The van der Waals surface area contributed by atoms with E-state index in [1.165, 1.54) is 16.0 Å². The van der Waals surface area contributed by atoms with E-state index >= 15 is 0 Å². The number of amides is 1. The summed E-state index contributed by atoms with van der Waals surface area (Å²) in [4.78, 5) is 14.9. The van der Waals surface area contributed by atoms with Crippen molar-refractivity contribution in [3.8, 4) is 0 Å². The fourth-order valence-electron chi connectivity index (χ4n) is 2.19. The van der Waals surface area contributed by atoms with Crippen LogP contribution in [-0.2, 0) is 4.79 Å². The average molecular weight is 279 g/mol. The van der Waals surface area contributed by atoms with E-state index < -0.39 is 0 Å². The molecule has 4 heteroatoms. The first kappa shape index (κ1) is 14.4. The molecule has 0 radical (unpaired) electrons. The number of β-amino-alcohol motifs (C(OH)–C–C–N with tert-alkyl or cyclic N) is 1. The maximum Gasteiger partial charge on any atom is 0.223 e. The van der Waals surface area contributed by atoms with Crippen LogP contribution in [0.5, 0.6) is 0 Å². The van der Waals surface area contributed by atoms with Gasteiger partial charge in [-0.2, -0.15) is 0 Å². The Bertz CT molecular complexity index is 461. The summed E-state index contributed by atoms with van der Waals surface area (Å²) in [5.41, 5.74) is 2.59. The number of likely N-dealkylation sites (tertiary alicyclic amines) is 1. The number of aryl methyl sites for hydroxylation is 2. The van der Waals surface area contributed by atoms with E-state index in [1.54, 1.807) is 16.7 Å². The van der Waals surface area contributed by atoms with Gasteiger partial charge in [0.25, 0.3) is 0 Å². The van der Waals surface area contributed by atoms with Crippen LogP contribution < -0.4 is 0 Å². The summed E-state index contributed by atoms with van der Waals surface area (Å²) in [6.07, 6.45) is 0.941. The van der Waals surface area contributed by atoms with E-state index in [0.717, 1.165) is 12.2 Å². The molecule has 1 aliphatic heterocycles. The highest BCUT2D eigenvalue weighted by atomic mass is 32.2. The van der Waals surface area contributed by atoms with Crippen LogP contribution in [0.2, 0.25) is 0 Å². The number of carbonyl (C=O) groups is 1. The van der Waals surface area contributed by atoms with Crippen molar-refractivity contribution in [3.63, 3.8) is 0 Å². The van der Waals surface area contributed by atoms with Gasteiger partial charge in [-0.05, 0) is 43.5 Å². The highest BCUT2D eigenvalue weighted by Crippen LogP contribution is 2.22. The molecule has 0 unspecified atom stereocenters. The summed E-state index contributed by atoms with van der Waals surface area (Å²) < 4.78 is 0. The standard InChI is InChI=1S/C15H21NO2S/c1-11-3-4-14(9-12(11)2)19-8-6-15(18)16-7-5-13(17)10-16/h3-4,9,13,17H,5-8,10H2,1-2H3/t13-/m0/s1. The minimum absolute atomic E-state index is 0.160. The SMILES string of the molecule is Cc1ccc(SCCC(=O)N2CC[C@H](O)C2)cc1C. The summed E-state index contributed by atoms with van der Waals surface area (Å²) in [6, 6.07) is 6.40. The molecule has 19 heavy (non-hydrogen) atoms. The number of benzene rings is 1. The zero-order valence-electron chi connectivity index (χ0n) is 11.6. The van der Waals surface area contributed by atoms with Gasteiger partial charge in [-0.3, -0.25) is 4.79 Å². The lowest BCUT2D eigenvalue weighted by Crippen LogP contribution is -2.29. The minimum Gasteiger partial charge on any atom is -0.391 e. The molecular formula is C15H21NO2S. The second-order valence-corrected chi connectivity index (χ2v) is 6.30. The van der Waals surface area contributed by atoms with Crippen LogP contribution in [-0.4, -0.2) is 40.9 Å². The number of rotatable bonds is 4. The van der Waals surface area contributed by atoms with Gasteiger partial charge in [0.15, 0.2) is 0 Å². The Balaban J connectivity index is 1.77. The molecule has 1 N–H and O–H groups in total. The number of carbonyl (C=O) groups excluding carboxylic acids is 1. The van der Waals surface area contributed by atoms with Crippen LogP contribution in [0, 0.1) is 13.8 Å². The monoisotopic (exact) mass is 279 g/mol. The Kier molecular flexibility index (Phi) is 4.88. The Labute approximate surface area is 119 Å². The van der Waals surface area contributed by atoms with E-state index in [9.17, 15) is 9.90 Å². The zero-order valence-corrected chi connectivity index (χ0v) is 12.4. The molecule has 1 aromatic rings. The fraction of sp³-hybridized carbons (Fsp3) is 0.533. The molecule has 1 amide bonds. The first-order chi connectivity index (χ1) is 9.06. The lowest BCUT2D eigenvalue weighted by Gasteiger charge is -2.15. The molecule has 2 rings (SSSR count).